The third-order valence-electron chi connectivity index (χ3n) is 4.66. The van der Waals surface area contributed by atoms with Gasteiger partial charge in [0.2, 0.25) is 0 Å². The molecule has 2 atom stereocenters. The first-order chi connectivity index (χ1) is 10.3. The molecule has 2 nitrogen and oxygen atoms in total. The molecular formula is C18H29BrN2. The Balaban J connectivity index is 1.98. The number of hydrogen-bond donors (Lipinski definition) is 1. The number of benzene rings is 1. The fraction of sp³-hybridized carbons (Fsp3) is 0.667. The zero-order chi connectivity index (χ0) is 15.1. The minimum Gasteiger partial charge on any atom is -0.310 e. The lowest BCUT2D eigenvalue weighted by atomic mass is 9.98. The summed E-state index contributed by atoms with van der Waals surface area (Å²) < 4.78 is 1.22. The molecule has 1 N–H and O–H groups in total. The van der Waals surface area contributed by atoms with Crippen LogP contribution in [-0.2, 0) is 0 Å². The Morgan fingerprint density at radius 3 is 2.81 bits per heavy atom. The van der Waals surface area contributed by atoms with E-state index in [4.69, 9.17) is 0 Å². The van der Waals surface area contributed by atoms with E-state index >= 15 is 0 Å². The maximum absolute atomic E-state index is 3.70. The van der Waals surface area contributed by atoms with Crippen molar-refractivity contribution in [1.82, 2.24) is 10.2 Å². The Morgan fingerprint density at radius 1 is 1.29 bits per heavy atom. The molecule has 2 unspecified atom stereocenters. The smallest absolute Gasteiger partial charge is 0.0343 e. The van der Waals surface area contributed by atoms with Crippen molar-refractivity contribution in [2.45, 2.75) is 58.0 Å². The van der Waals surface area contributed by atoms with Gasteiger partial charge in [0, 0.05) is 23.1 Å². The minimum atomic E-state index is 0.449. The summed E-state index contributed by atoms with van der Waals surface area (Å²) in [5.74, 6) is 0. The first kappa shape index (κ1) is 17.0. The molecule has 0 radical (unpaired) electrons. The molecule has 1 aromatic rings. The van der Waals surface area contributed by atoms with E-state index in [0.29, 0.717) is 6.04 Å². The molecule has 1 aliphatic rings. The molecule has 21 heavy (non-hydrogen) atoms. The molecular weight excluding hydrogens is 324 g/mol. The zero-order valence-electron chi connectivity index (χ0n) is 13.4. The van der Waals surface area contributed by atoms with Crippen molar-refractivity contribution in [3.8, 4) is 0 Å². The first-order valence-corrected chi connectivity index (χ1v) is 9.27. The van der Waals surface area contributed by atoms with Gasteiger partial charge < -0.3 is 10.2 Å². The standard InChI is InChI=1S/C18H29BrN2/c1-3-15-9-7-8-13-21(15)14-12-18(20-4-2)16-10-5-6-11-17(16)19/h5-6,10-11,15,18,20H,3-4,7-9,12-14H2,1-2H3. The molecule has 2 rings (SSSR count). The maximum Gasteiger partial charge on any atom is 0.0343 e. The van der Waals surface area contributed by atoms with Gasteiger partial charge in [-0.2, -0.15) is 0 Å². The Bertz CT molecular complexity index is 421. The third kappa shape index (κ3) is 4.80. The second kappa shape index (κ2) is 8.92. The molecule has 0 bridgehead atoms. The van der Waals surface area contributed by atoms with Gasteiger partial charge in [-0.05, 0) is 50.4 Å². The predicted molar refractivity (Wildman–Crippen MR) is 94.7 cm³/mol. The van der Waals surface area contributed by atoms with Crippen molar-refractivity contribution in [2.75, 3.05) is 19.6 Å². The fourth-order valence-electron chi connectivity index (χ4n) is 3.48. The highest BCUT2D eigenvalue weighted by Crippen LogP contribution is 2.27. The number of hydrogen-bond acceptors (Lipinski definition) is 2. The van der Waals surface area contributed by atoms with E-state index in [9.17, 15) is 0 Å². The molecule has 1 aliphatic heterocycles. The Morgan fingerprint density at radius 2 is 2.10 bits per heavy atom. The molecule has 0 saturated carbocycles. The van der Waals surface area contributed by atoms with Crippen molar-refractivity contribution in [3.05, 3.63) is 34.3 Å². The zero-order valence-corrected chi connectivity index (χ0v) is 15.0. The number of piperidine rings is 1. The lowest BCUT2D eigenvalue weighted by molar-refractivity contribution is 0.137. The molecule has 1 saturated heterocycles. The fourth-order valence-corrected chi connectivity index (χ4v) is 4.04. The van der Waals surface area contributed by atoms with Gasteiger partial charge in [-0.1, -0.05) is 54.4 Å². The van der Waals surface area contributed by atoms with Crippen LogP contribution in [0.5, 0.6) is 0 Å². The van der Waals surface area contributed by atoms with E-state index in [2.05, 4.69) is 64.3 Å². The minimum absolute atomic E-state index is 0.449. The van der Waals surface area contributed by atoms with Crippen molar-refractivity contribution in [3.63, 3.8) is 0 Å². The largest absolute Gasteiger partial charge is 0.310 e. The number of nitrogens with zero attached hydrogens (tertiary/aromatic N) is 1. The molecule has 1 heterocycles. The van der Waals surface area contributed by atoms with E-state index in [1.165, 1.54) is 55.2 Å². The van der Waals surface area contributed by atoms with Crippen LogP contribution in [0, 0.1) is 0 Å². The molecule has 0 amide bonds. The van der Waals surface area contributed by atoms with Crippen LogP contribution in [0.3, 0.4) is 0 Å². The quantitative estimate of drug-likeness (QED) is 0.761. The van der Waals surface area contributed by atoms with Gasteiger partial charge in [-0.15, -0.1) is 0 Å². The van der Waals surface area contributed by atoms with Crippen LogP contribution in [0.2, 0.25) is 0 Å². The van der Waals surface area contributed by atoms with E-state index in [0.717, 1.165) is 12.6 Å². The SMILES string of the molecule is CCNC(CCN1CCCCC1CC)c1ccccc1Br. The molecule has 3 heteroatoms. The lowest BCUT2D eigenvalue weighted by Gasteiger charge is -2.36. The Kier molecular flexibility index (Phi) is 7.21. The van der Waals surface area contributed by atoms with Crippen LogP contribution in [0.25, 0.3) is 0 Å². The summed E-state index contributed by atoms with van der Waals surface area (Å²) in [6, 6.07) is 9.87. The Labute approximate surface area is 138 Å². The van der Waals surface area contributed by atoms with Gasteiger partial charge in [0.1, 0.15) is 0 Å². The first-order valence-electron chi connectivity index (χ1n) is 8.48. The number of rotatable bonds is 7. The number of halogens is 1. The van der Waals surface area contributed by atoms with Gasteiger partial charge in [0.05, 0.1) is 0 Å². The van der Waals surface area contributed by atoms with Gasteiger partial charge in [-0.3, -0.25) is 0 Å². The summed E-state index contributed by atoms with van der Waals surface area (Å²) in [5.41, 5.74) is 1.39. The number of likely N-dealkylation sites (tertiary alicyclic amines) is 1. The summed E-state index contributed by atoms with van der Waals surface area (Å²) in [6.07, 6.45) is 6.65. The summed E-state index contributed by atoms with van der Waals surface area (Å²) >= 11 is 3.70. The molecule has 118 valence electrons. The van der Waals surface area contributed by atoms with E-state index in [1.807, 2.05) is 0 Å². The second-order valence-electron chi connectivity index (χ2n) is 6.01. The second-order valence-corrected chi connectivity index (χ2v) is 6.87. The van der Waals surface area contributed by atoms with E-state index < -0.39 is 0 Å². The highest BCUT2D eigenvalue weighted by molar-refractivity contribution is 9.10. The van der Waals surface area contributed by atoms with E-state index in [1.54, 1.807) is 0 Å². The van der Waals surface area contributed by atoms with Gasteiger partial charge >= 0.3 is 0 Å². The summed E-state index contributed by atoms with van der Waals surface area (Å²) in [5, 5.41) is 3.66. The van der Waals surface area contributed by atoms with Crippen LogP contribution in [0.15, 0.2) is 28.7 Å². The highest BCUT2D eigenvalue weighted by Gasteiger charge is 2.22. The van der Waals surface area contributed by atoms with Crippen LogP contribution in [0.1, 0.15) is 57.6 Å². The summed E-state index contributed by atoms with van der Waals surface area (Å²) in [7, 11) is 0. The molecule has 0 spiro atoms. The summed E-state index contributed by atoms with van der Waals surface area (Å²) in [6.45, 7) is 8.03. The number of nitrogens with one attached hydrogen (secondary N) is 1. The molecule has 0 aromatic heterocycles. The van der Waals surface area contributed by atoms with Gasteiger partial charge in [-0.25, -0.2) is 0 Å². The summed E-state index contributed by atoms with van der Waals surface area (Å²) in [4.78, 5) is 2.71. The van der Waals surface area contributed by atoms with Crippen molar-refractivity contribution in [1.29, 1.82) is 0 Å². The van der Waals surface area contributed by atoms with E-state index in [-0.39, 0.29) is 0 Å². The average molecular weight is 353 g/mol. The topological polar surface area (TPSA) is 15.3 Å². The van der Waals surface area contributed by atoms with Gasteiger partial charge in [0.25, 0.3) is 0 Å². The molecule has 1 fully saturated rings. The van der Waals surface area contributed by atoms with Crippen molar-refractivity contribution >= 4 is 15.9 Å². The molecule has 0 aliphatic carbocycles. The van der Waals surface area contributed by atoms with Crippen LogP contribution < -0.4 is 5.32 Å². The molecule has 1 aromatic carbocycles. The average Bonchev–Trinajstić information content (AvgIpc) is 2.52. The monoisotopic (exact) mass is 352 g/mol. The van der Waals surface area contributed by atoms with Crippen LogP contribution >= 0.6 is 15.9 Å². The highest BCUT2D eigenvalue weighted by atomic mass is 79.9. The van der Waals surface area contributed by atoms with Crippen molar-refractivity contribution in [2.24, 2.45) is 0 Å². The Hall–Kier alpha value is -0.380. The van der Waals surface area contributed by atoms with Crippen LogP contribution in [-0.4, -0.2) is 30.6 Å². The van der Waals surface area contributed by atoms with Crippen LogP contribution in [0.4, 0.5) is 0 Å². The normalized spacial score (nSPS) is 21.4. The van der Waals surface area contributed by atoms with Crippen molar-refractivity contribution < 1.29 is 0 Å². The predicted octanol–water partition coefficient (Wildman–Crippen LogP) is 4.75. The third-order valence-corrected chi connectivity index (χ3v) is 5.38. The lowest BCUT2D eigenvalue weighted by Crippen LogP contribution is -2.40. The van der Waals surface area contributed by atoms with Gasteiger partial charge in [0.15, 0.2) is 0 Å². The maximum atomic E-state index is 3.70.